The summed E-state index contributed by atoms with van der Waals surface area (Å²) in [6, 6.07) is 4.16. The molecule has 0 bridgehead atoms. The number of aromatic nitrogens is 3. The Morgan fingerprint density at radius 3 is 2.68 bits per heavy atom. The smallest absolute Gasteiger partial charge is 0.410 e. The second-order valence-electron chi connectivity index (χ2n) is 9.04. The number of unbranched alkanes of at least 4 members (excludes halogenated alkanes) is 1. The van der Waals surface area contributed by atoms with E-state index < -0.39 is 11.1 Å². The summed E-state index contributed by atoms with van der Waals surface area (Å²) in [5.41, 5.74) is 5.95. The maximum absolute atomic E-state index is 12.5. The minimum Gasteiger partial charge on any atom is -0.477 e. The van der Waals surface area contributed by atoms with Gasteiger partial charge in [-0.15, -0.1) is 0 Å². The molecule has 1 aliphatic heterocycles. The van der Waals surface area contributed by atoms with Crippen LogP contribution in [0.1, 0.15) is 59.8 Å². The molecule has 1 amide bonds. The van der Waals surface area contributed by atoms with Crippen molar-refractivity contribution in [2.24, 2.45) is 0 Å². The van der Waals surface area contributed by atoms with Crippen molar-refractivity contribution in [3.8, 4) is 11.9 Å². The Bertz CT molecular complexity index is 964. The molecule has 2 aromatic rings. The van der Waals surface area contributed by atoms with E-state index in [1.165, 1.54) is 0 Å². The van der Waals surface area contributed by atoms with Crippen LogP contribution in [0.2, 0.25) is 0 Å². The average Bonchev–Trinajstić information content (AvgIpc) is 3.06. The number of amides is 1. The molecule has 9 nitrogen and oxygen atoms in total. The largest absolute Gasteiger partial charge is 0.477 e. The van der Waals surface area contributed by atoms with Gasteiger partial charge in [0.1, 0.15) is 11.0 Å². The Morgan fingerprint density at radius 2 is 2.06 bits per heavy atom. The molecule has 31 heavy (non-hydrogen) atoms. The maximum Gasteiger partial charge on any atom is 0.410 e. The number of ether oxygens (including phenoxy) is 2. The van der Waals surface area contributed by atoms with Crippen molar-refractivity contribution >= 4 is 22.8 Å². The zero-order valence-electron chi connectivity index (χ0n) is 18.8. The number of carbonyl (C=O) groups is 1. The maximum atomic E-state index is 12.5. The molecule has 0 saturated carbocycles. The summed E-state index contributed by atoms with van der Waals surface area (Å²) in [4.78, 5) is 18.5. The number of pyridine rings is 1. The van der Waals surface area contributed by atoms with E-state index in [2.05, 4.69) is 23.1 Å². The Balaban J connectivity index is 1.90. The Kier molecular flexibility index (Phi) is 6.58. The minimum absolute atomic E-state index is 0.264. The van der Waals surface area contributed by atoms with Crippen molar-refractivity contribution in [1.29, 1.82) is 5.26 Å². The van der Waals surface area contributed by atoms with Gasteiger partial charge in [0.05, 0.1) is 30.2 Å². The van der Waals surface area contributed by atoms with E-state index in [0.29, 0.717) is 49.6 Å². The first kappa shape index (κ1) is 22.7. The third kappa shape index (κ3) is 4.84. The monoisotopic (exact) mass is 428 g/mol. The van der Waals surface area contributed by atoms with Crippen LogP contribution in [-0.2, 0) is 10.3 Å². The van der Waals surface area contributed by atoms with Crippen LogP contribution in [0.15, 0.2) is 12.3 Å². The molecule has 0 aromatic carbocycles. The summed E-state index contributed by atoms with van der Waals surface area (Å²) < 4.78 is 13.2. The lowest BCUT2D eigenvalue weighted by Gasteiger charge is -2.41. The van der Waals surface area contributed by atoms with Crippen LogP contribution in [0.3, 0.4) is 0 Å². The molecule has 1 aliphatic rings. The van der Waals surface area contributed by atoms with Gasteiger partial charge in [0, 0.05) is 19.3 Å². The van der Waals surface area contributed by atoms with Crippen molar-refractivity contribution < 1.29 is 14.3 Å². The number of fused-ring (bicyclic) bond motifs is 1. The summed E-state index contributed by atoms with van der Waals surface area (Å²) in [7, 11) is 0. The molecule has 0 unspecified atom stereocenters. The zero-order chi connectivity index (χ0) is 22.6. The molecule has 3 heterocycles. The van der Waals surface area contributed by atoms with Crippen LogP contribution >= 0.6 is 0 Å². The number of nitrogens with zero attached hydrogens (tertiary/aromatic N) is 5. The van der Waals surface area contributed by atoms with Gasteiger partial charge in [0.2, 0.25) is 5.88 Å². The number of hydrogen-bond donors (Lipinski definition) is 1. The van der Waals surface area contributed by atoms with Crippen LogP contribution in [-0.4, -0.2) is 51.1 Å². The summed E-state index contributed by atoms with van der Waals surface area (Å²) in [6.07, 6.45) is 4.69. The minimum atomic E-state index is -0.564. The predicted molar refractivity (Wildman–Crippen MR) is 118 cm³/mol. The first-order valence-corrected chi connectivity index (χ1v) is 10.8. The number of piperidine rings is 1. The molecule has 0 atom stereocenters. The van der Waals surface area contributed by atoms with Crippen LogP contribution in [0.25, 0.3) is 10.9 Å². The van der Waals surface area contributed by atoms with Crippen molar-refractivity contribution in [1.82, 2.24) is 19.7 Å². The molecule has 0 radical (unpaired) electrons. The second kappa shape index (κ2) is 9.00. The lowest BCUT2D eigenvalue weighted by Crippen LogP contribution is -2.49. The molecular weight excluding hydrogens is 396 g/mol. The second-order valence-corrected chi connectivity index (χ2v) is 9.04. The fraction of sp³-hybridized carbons (Fsp3) is 0.636. The molecule has 2 N–H and O–H groups in total. The third-order valence-corrected chi connectivity index (χ3v) is 5.53. The molecule has 0 aliphatic carbocycles. The number of hydrogen-bond acceptors (Lipinski definition) is 7. The van der Waals surface area contributed by atoms with Gasteiger partial charge in [-0.1, -0.05) is 13.3 Å². The highest BCUT2D eigenvalue weighted by Crippen LogP contribution is 2.39. The summed E-state index contributed by atoms with van der Waals surface area (Å²) in [6.45, 7) is 9.15. The fourth-order valence-corrected chi connectivity index (χ4v) is 3.89. The first-order valence-electron chi connectivity index (χ1n) is 10.8. The van der Waals surface area contributed by atoms with E-state index in [1.54, 1.807) is 11.1 Å². The van der Waals surface area contributed by atoms with E-state index in [4.69, 9.17) is 15.2 Å². The van der Waals surface area contributed by atoms with E-state index in [1.807, 2.05) is 31.5 Å². The van der Waals surface area contributed by atoms with Gasteiger partial charge in [0.15, 0.2) is 5.82 Å². The highest BCUT2D eigenvalue weighted by molar-refractivity contribution is 5.93. The Hall–Kier alpha value is -3.02. The van der Waals surface area contributed by atoms with Gasteiger partial charge in [-0.05, 0) is 46.1 Å². The SMILES string of the molecule is CCCCOc1nccc2c1c(N)nn2C1(CC#N)CCN(C(=O)OC(C)(C)C)CC1. The number of rotatable bonds is 6. The average molecular weight is 429 g/mol. The number of nitrogen functional groups attached to an aromatic ring is 1. The van der Waals surface area contributed by atoms with Crippen LogP contribution in [0.4, 0.5) is 10.6 Å². The first-order chi connectivity index (χ1) is 14.7. The van der Waals surface area contributed by atoms with Crippen molar-refractivity contribution in [3.63, 3.8) is 0 Å². The highest BCUT2D eigenvalue weighted by Gasteiger charge is 2.40. The van der Waals surface area contributed by atoms with Gasteiger partial charge in [0.25, 0.3) is 0 Å². The lowest BCUT2D eigenvalue weighted by molar-refractivity contribution is 0.0110. The summed E-state index contributed by atoms with van der Waals surface area (Å²) in [5.74, 6) is 0.800. The van der Waals surface area contributed by atoms with Crippen LogP contribution < -0.4 is 10.5 Å². The van der Waals surface area contributed by atoms with Gasteiger partial charge >= 0.3 is 6.09 Å². The van der Waals surface area contributed by atoms with Gasteiger partial charge in [-0.3, -0.25) is 4.68 Å². The number of carbonyl (C=O) groups excluding carboxylic acids is 1. The van der Waals surface area contributed by atoms with Crippen molar-refractivity contribution in [2.75, 3.05) is 25.4 Å². The number of nitrogens with two attached hydrogens (primary N) is 1. The number of nitriles is 1. The van der Waals surface area contributed by atoms with Crippen molar-refractivity contribution in [3.05, 3.63) is 12.3 Å². The number of anilines is 1. The van der Waals surface area contributed by atoms with Gasteiger partial charge in [-0.2, -0.15) is 10.4 Å². The summed E-state index contributed by atoms with van der Waals surface area (Å²) >= 11 is 0. The quantitative estimate of drug-likeness (QED) is 0.694. The predicted octanol–water partition coefficient (Wildman–Crippen LogP) is 3.83. The molecule has 3 rings (SSSR count). The Morgan fingerprint density at radius 1 is 1.35 bits per heavy atom. The summed E-state index contributed by atoms with van der Waals surface area (Å²) in [5, 5.41) is 14.9. The highest BCUT2D eigenvalue weighted by atomic mass is 16.6. The lowest BCUT2D eigenvalue weighted by atomic mass is 9.85. The fourth-order valence-electron chi connectivity index (χ4n) is 3.89. The topological polar surface area (TPSA) is 119 Å². The Labute approximate surface area is 183 Å². The third-order valence-electron chi connectivity index (χ3n) is 5.53. The number of likely N-dealkylation sites (tertiary alicyclic amines) is 1. The van der Waals surface area contributed by atoms with E-state index in [-0.39, 0.29) is 12.5 Å². The molecule has 9 heteroatoms. The van der Waals surface area contributed by atoms with E-state index in [0.717, 1.165) is 18.4 Å². The molecule has 1 fully saturated rings. The van der Waals surface area contributed by atoms with Crippen LogP contribution in [0, 0.1) is 11.3 Å². The molecule has 1 saturated heterocycles. The normalized spacial score (nSPS) is 16.2. The molecule has 168 valence electrons. The van der Waals surface area contributed by atoms with Gasteiger partial charge < -0.3 is 20.1 Å². The zero-order valence-corrected chi connectivity index (χ0v) is 18.8. The van der Waals surface area contributed by atoms with E-state index in [9.17, 15) is 10.1 Å². The molecular formula is C22H32N6O3. The molecule has 2 aromatic heterocycles. The van der Waals surface area contributed by atoms with E-state index >= 15 is 0 Å². The van der Waals surface area contributed by atoms with Crippen molar-refractivity contribution in [2.45, 2.75) is 70.9 Å². The van der Waals surface area contributed by atoms with Crippen LogP contribution in [0.5, 0.6) is 5.88 Å². The van der Waals surface area contributed by atoms with Gasteiger partial charge in [-0.25, -0.2) is 9.78 Å². The molecule has 0 spiro atoms. The standard InChI is InChI=1S/C22H32N6O3/c1-5-6-15-30-19-17-16(7-12-25-19)28(26-18(17)24)22(8-11-23)9-13-27(14-10-22)20(29)31-21(2,3)4/h7,12H,5-6,8-10,13-15H2,1-4H3,(H2,24,26).